The standard InChI is InChI=1S/C9H16O2/c1-10-7-8-3-5-9(11-2)6-4-8/h7,9H,3-6H2,1-2H3. The van der Waals surface area contributed by atoms with Gasteiger partial charge in [-0.2, -0.15) is 0 Å². The minimum atomic E-state index is 0.476. The van der Waals surface area contributed by atoms with E-state index in [4.69, 9.17) is 9.47 Å². The Morgan fingerprint density at radius 3 is 2.36 bits per heavy atom. The zero-order valence-electron chi connectivity index (χ0n) is 7.30. The predicted molar refractivity (Wildman–Crippen MR) is 44.4 cm³/mol. The Morgan fingerprint density at radius 1 is 1.27 bits per heavy atom. The molecule has 0 saturated heterocycles. The van der Waals surface area contributed by atoms with Crippen molar-refractivity contribution in [3.8, 4) is 0 Å². The number of ether oxygens (including phenoxy) is 2. The van der Waals surface area contributed by atoms with Crippen LogP contribution in [0.5, 0.6) is 0 Å². The summed E-state index contributed by atoms with van der Waals surface area (Å²) in [6, 6.07) is 0. The van der Waals surface area contributed by atoms with Gasteiger partial charge in [0.05, 0.1) is 19.5 Å². The Bertz CT molecular complexity index is 130. The van der Waals surface area contributed by atoms with Gasteiger partial charge >= 0.3 is 0 Å². The minimum absolute atomic E-state index is 0.476. The number of hydrogen-bond donors (Lipinski definition) is 0. The van der Waals surface area contributed by atoms with Crippen molar-refractivity contribution in [3.05, 3.63) is 11.8 Å². The van der Waals surface area contributed by atoms with E-state index >= 15 is 0 Å². The summed E-state index contributed by atoms with van der Waals surface area (Å²) in [7, 11) is 3.49. The van der Waals surface area contributed by atoms with Crippen LogP contribution >= 0.6 is 0 Å². The molecule has 0 amide bonds. The zero-order valence-corrected chi connectivity index (χ0v) is 7.30. The van der Waals surface area contributed by atoms with Gasteiger partial charge in [-0.1, -0.05) is 0 Å². The maximum atomic E-state index is 5.25. The van der Waals surface area contributed by atoms with Crippen molar-refractivity contribution in [2.24, 2.45) is 0 Å². The first-order valence-electron chi connectivity index (χ1n) is 4.10. The normalized spacial score (nSPS) is 24.9. The van der Waals surface area contributed by atoms with Crippen LogP contribution < -0.4 is 0 Å². The van der Waals surface area contributed by atoms with Crippen LogP contribution in [0.4, 0.5) is 0 Å². The van der Waals surface area contributed by atoms with E-state index in [1.54, 1.807) is 14.2 Å². The van der Waals surface area contributed by atoms with Gasteiger partial charge in [-0.25, -0.2) is 0 Å². The van der Waals surface area contributed by atoms with E-state index in [-0.39, 0.29) is 0 Å². The second-order valence-corrected chi connectivity index (χ2v) is 2.95. The van der Waals surface area contributed by atoms with E-state index in [2.05, 4.69) is 0 Å². The highest BCUT2D eigenvalue weighted by molar-refractivity contribution is 5.02. The van der Waals surface area contributed by atoms with Crippen LogP contribution in [0.3, 0.4) is 0 Å². The molecule has 1 rings (SSSR count). The third-order valence-corrected chi connectivity index (χ3v) is 2.19. The quantitative estimate of drug-likeness (QED) is 0.570. The van der Waals surface area contributed by atoms with Crippen LogP contribution in [0.1, 0.15) is 25.7 Å². The molecule has 0 atom stereocenters. The van der Waals surface area contributed by atoms with Crippen LogP contribution in [0.2, 0.25) is 0 Å². The highest BCUT2D eigenvalue weighted by Gasteiger charge is 2.15. The van der Waals surface area contributed by atoms with E-state index in [0.717, 1.165) is 25.7 Å². The lowest BCUT2D eigenvalue weighted by Crippen LogP contribution is -2.15. The fourth-order valence-corrected chi connectivity index (χ4v) is 1.48. The second-order valence-electron chi connectivity index (χ2n) is 2.95. The predicted octanol–water partition coefficient (Wildman–Crippen LogP) is 2.11. The lowest BCUT2D eigenvalue weighted by atomic mass is 9.93. The molecule has 0 radical (unpaired) electrons. The average molecular weight is 156 g/mol. The van der Waals surface area contributed by atoms with Crippen LogP contribution in [0.25, 0.3) is 0 Å². The summed E-state index contributed by atoms with van der Waals surface area (Å²) >= 11 is 0. The number of methoxy groups -OCH3 is 2. The molecule has 0 aromatic rings. The summed E-state index contributed by atoms with van der Waals surface area (Å²) in [6.45, 7) is 0. The highest BCUT2D eigenvalue weighted by atomic mass is 16.5. The van der Waals surface area contributed by atoms with Gasteiger partial charge in [0.15, 0.2) is 0 Å². The summed E-state index contributed by atoms with van der Waals surface area (Å²) in [5, 5.41) is 0. The van der Waals surface area contributed by atoms with Crippen molar-refractivity contribution in [2.75, 3.05) is 14.2 Å². The van der Waals surface area contributed by atoms with Crippen molar-refractivity contribution in [1.82, 2.24) is 0 Å². The molecule has 2 nitrogen and oxygen atoms in total. The third kappa shape index (κ3) is 2.54. The van der Waals surface area contributed by atoms with E-state index < -0.39 is 0 Å². The lowest BCUT2D eigenvalue weighted by molar-refractivity contribution is 0.0794. The molecule has 11 heavy (non-hydrogen) atoms. The molecule has 0 heterocycles. The molecule has 0 bridgehead atoms. The number of hydrogen-bond acceptors (Lipinski definition) is 2. The molecule has 1 aliphatic rings. The first-order valence-corrected chi connectivity index (χ1v) is 4.10. The van der Waals surface area contributed by atoms with Gasteiger partial charge in [-0.15, -0.1) is 0 Å². The number of allylic oxidation sites excluding steroid dienone is 1. The molecule has 1 aliphatic carbocycles. The van der Waals surface area contributed by atoms with E-state index in [9.17, 15) is 0 Å². The van der Waals surface area contributed by atoms with Gasteiger partial charge < -0.3 is 9.47 Å². The maximum absolute atomic E-state index is 5.25. The molecular weight excluding hydrogens is 140 g/mol. The van der Waals surface area contributed by atoms with Crippen LogP contribution in [-0.2, 0) is 9.47 Å². The van der Waals surface area contributed by atoms with Crippen molar-refractivity contribution >= 4 is 0 Å². The van der Waals surface area contributed by atoms with E-state index in [1.807, 2.05) is 6.26 Å². The Balaban J connectivity index is 2.30. The van der Waals surface area contributed by atoms with Crippen LogP contribution in [0, 0.1) is 0 Å². The summed E-state index contributed by atoms with van der Waals surface area (Å²) in [4.78, 5) is 0. The van der Waals surface area contributed by atoms with Crippen molar-refractivity contribution < 1.29 is 9.47 Å². The van der Waals surface area contributed by atoms with Crippen molar-refractivity contribution in [3.63, 3.8) is 0 Å². The Morgan fingerprint density at radius 2 is 1.91 bits per heavy atom. The van der Waals surface area contributed by atoms with E-state index in [1.165, 1.54) is 5.57 Å². The molecule has 0 aliphatic heterocycles. The smallest absolute Gasteiger partial charge is 0.0816 e. The van der Waals surface area contributed by atoms with Gasteiger partial charge in [-0.3, -0.25) is 0 Å². The van der Waals surface area contributed by atoms with Gasteiger partial charge in [0.2, 0.25) is 0 Å². The molecule has 0 unspecified atom stereocenters. The highest BCUT2D eigenvalue weighted by Crippen LogP contribution is 2.24. The van der Waals surface area contributed by atoms with Crippen LogP contribution in [0.15, 0.2) is 11.8 Å². The largest absolute Gasteiger partial charge is 0.504 e. The van der Waals surface area contributed by atoms with Gasteiger partial charge in [-0.05, 0) is 31.3 Å². The Kier molecular flexibility index (Phi) is 3.43. The average Bonchev–Trinajstić information content (AvgIpc) is 2.07. The minimum Gasteiger partial charge on any atom is -0.504 e. The van der Waals surface area contributed by atoms with Crippen LogP contribution in [-0.4, -0.2) is 20.3 Å². The SMILES string of the molecule is COC=C1CCC(OC)CC1. The zero-order chi connectivity index (χ0) is 8.10. The fourth-order valence-electron chi connectivity index (χ4n) is 1.48. The fraction of sp³-hybridized carbons (Fsp3) is 0.778. The molecule has 1 fully saturated rings. The molecule has 0 N–H and O–H groups in total. The molecule has 0 aromatic heterocycles. The Hall–Kier alpha value is -0.500. The summed E-state index contributed by atoms with van der Waals surface area (Å²) in [5.74, 6) is 0. The summed E-state index contributed by atoms with van der Waals surface area (Å²) in [5.41, 5.74) is 1.42. The maximum Gasteiger partial charge on any atom is 0.0816 e. The molecule has 0 aromatic carbocycles. The Labute approximate surface area is 68.2 Å². The van der Waals surface area contributed by atoms with Crippen molar-refractivity contribution in [1.29, 1.82) is 0 Å². The molecule has 0 spiro atoms. The third-order valence-electron chi connectivity index (χ3n) is 2.19. The lowest BCUT2D eigenvalue weighted by Gasteiger charge is -2.21. The summed E-state index contributed by atoms with van der Waals surface area (Å²) in [6.07, 6.45) is 6.89. The van der Waals surface area contributed by atoms with Gasteiger partial charge in [0.1, 0.15) is 0 Å². The van der Waals surface area contributed by atoms with Crippen molar-refractivity contribution in [2.45, 2.75) is 31.8 Å². The molecule has 2 heteroatoms. The van der Waals surface area contributed by atoms with E-state index in [0.29, 0.717) is 6.10 Å². The molecule has 1 saturated carbocycles. The monoisotopic (exact) mass is 156 g/mol. The molecule has 64 valence electrons. The summed E-state index contributed by atoms with van der Waals surface area (Å²) < 4.78 is 10.2. The first-order chi connectivity index (χ1) is 5.36. The van der Waals surface area contributed by atoms with Gasteiger partial charge in [0, 0.05) is 7.11 Å². The first kappa shape index (κ1) is 8.60. The molecular formula is C9H16O2. The second kappa shape index (κ2) is 4.39. The number of rotatable bonds is 2. The topological polar surface area (TPSA) is 18.5 Å². The van der Waals surface area contributed by atoms with Gasteiger partial charge in [0.25, 0.3) is 0 Å².